The zero-order chi connectivity index (χ0) is 18.7. The van der Waals surface area contributed by atoms with Crippen LogP contribution in [0.1, 0.15) is 23.1 Å². The van der Waals surface area contributed by atoms with E-state index in [9.17, 15) is 14.4 Å². The molecule has 6 heteroatoms. The molecule has 0 aromatic heterocycles. The Morgan fingerprint density at radius 3 is 2.54 bits per heavy atom. The zero-order valence-electron chi connectivity index (χ0n) is 14.7. The van der Waals surface area contributed by atoms with Crippen molar-refractivity contribution >= 4 is 34.5 Å². The van der Waals surface area contributed by atoms with Crippen LogP contribution in [-0.2, 0) is 16.1 Å². The van der Waals surface area contributed by atoms with E-state index in [0.29, 0.717) is 0 Å². The first-order valence-electron chi connectivity index (χ1n) is 8.37. The summed E-state index contributed by atoms with van der Waals surface area (Å²) in [5.41, 5.74) is 3.69. The van der Waals surface area contributed by atoms with Crippen LogP contribution < -0.4 is 5.32 Å². The molecule has 134 valence electrons. The number of nitrogens with zero attached hydrogens (tertiary/aromatic N) is 1. The Labute approximate surface area is 156 Å². The summed E-state index contributed by atoms with van der Waals surface area (Å²) < 4.78 is 0. The van der Waals surface area contributed by atoms with Gasteiger partial charge in [-0.2, -0.15) is 0 Å². The van der Waals surface area contributed by atoms with Gasteiger partial charge in [-0.3, -0.25) is 19.3 Å². The highest BCUT2D eigenvalue weighted by Gasteiger charge is 2.40. The lowest BCUT2D eigenvalue weighted by Crippen LogP contribution is -2.32. The average Bonchev–Trinajstić information content (AvgIpc) is 2.86. The van der Waals surface area contributed by atoms with E-state index in [0.717, 1.165) is 34.1 Å². The van der Waals surface area contributed by atoms with E-state index in [4.69, 9.17) is 0 Å². The van der Waals surface area contributed by atoms with E-state index in [1.54, 1.807) is 0 Å². The lowest BCUT2D eigenvalue weighted by molar-refractivity contribution is -0.129. The third-order valence-corrected chi connectivity index (χ3v) is 5.29. The van der Waals surface area contributed by atoms with Gasteiger partial charge >= 0.3 is 0 Å². The van der Waals surface area contributed by atoms with Crippen molar-refractivity contribution in [3.8, 4) is 0 Å². The Kier molecular flexibility index (Phi) is 5.42. The minimum Gasteiger partial charge on any atom is -0.326 e. The van der Waals surface area contributed by atoms with Gasteiger partial charge in [-0.25, -0.2) is 0 Å². The van der Waals surface area contributed by atoms with E-state index < -0.39 is 5.25 Å². The van der Waals surface area contributed by atoms with Gasteiger partial charge < -0.3 is 5.32 Å². The number of carbonyl (C=O) groups is 3. The number of imide groups is 1. The molecule has 0 saturated carbocycles. The van der Waals surface area contributed by atoms with Crippen molar-refractivity contribution in [1.29, 1.82) is 0 Å². The van der Waals surface area contributed by atoms with Crippen LogP contribution in [0.3, 0.4) is 0 Å². The molecular formula is C20H20N2O3S. The fourth-order valence-electron chi connectivity index (χ4n) is 2.86. The van der Waals surface area contributed by atoms with Crippen LogP contribution in [0, 0.1) is 13.8 Å². The fraction of sp³-hybridized carbons (Fsp3) is 0.250. The number of benzene rings is 2. The van der Waals surface area contributed by atoms with Crippen molar-refractivity contribution in [3.63, 3.8) is 0 Å². The van der Waals surface area contributed by atoms with E-state index in [2.05, 4.69) is 5.32 Å². The third-order valence-electron chi connectivity index (χ3n) is 4.22. The second kappa shape index (κ2) is 7.74. The van der Waals surface area contributed by atoms with Gasteiger partial charge in [0.2, 0.25) is 11.8 Å². The number of nitrogens with one attached hydrogen (secondary N) is 1. The average molecular weight is 368 g/mol. The van der Waals surface area contributed by atoms with Gasteiger partial charge in [0.15, 0.2) is 0 Å². The summed E-state index contributed by atoms with van der Waals surface area (Å²) in [5.74, 6) is -0.572. The lowest BCUT2D eigenvalue weighted by Gasteiger charge is -2.14. The highest BCUT2D eigenvalue weighted by Crippen LogP contribution is 2.31. The molecule has 0 unspecified atom stereocenters. The Morgan fingerprint density at radius 1 is 1.12 bits per heavy atom. The molecule has 26 heavy (non-hydrogen) atoms. The van der Waals surface area contributed by atoms with E-state index in [1.165, 1.54) is 4.90 Å². The van der Waals surface area contributed by atoms with Crippen molar-refractivity contribution in [2.45, 2.75) is 32.1 Å². The van der Waals surface area contributed by atoms with E-state index >= 15 is 0 Å². The highest BCUT2D eigenvalue weighted by atomic mass is 32.2. The second-order valence-corrected chi connectivity index (χ2v) is 7.51. The van der Waals surface area contributed by atoms with E-state index in [1.807, 2.05) is 62.4 Å². The second-order valence-electron chi connectivity index (χ2n) is 6.35. The Bertz CT molecular complexity index is 851. The maximum atomic E-state index is 12.5. The molecule has 5 nitrogen and oxygen atoms in total. The number of hydrogen-bond acceptors (Lipinski definition) is 4. The van der Waals surface area contributed by atoms with Gasteiger partial charge in [0.25, 0.3) is 5.24 Å². The molecular weight excluding hydrogens is 348 g/mol. The van der Waals surface area contributed by atoms with Gasteiger partial charge in [-0.05, 0) is 31.0 Å². The number of hydrogen-bond donors (Lipinski definition) is 1. The van der Waals surface area contributed by atoms with Crippen LogP contribution in [0.25, 0.3) is 0 Å². The van der Waals surface area contributed by atoms with Crippen LogP contribution in [0.15, 0.2) is 48.5 Å². The van der Waals surface area contributed by atoms with Crippen LogP contribution in [0.5, 0.6) is 0 Å². The Balaban J connectivity index is 1.62. The Hall–Kier alpha value is -2.60. The van der Waals surface area contributed by atoms with Gasteiger partial charge in [0.05, 0.1) is 6.54 Å². The Morgan fingerprint density at radius 2 is 1.85 bits per heavy atom. The minimum atomic E-state index is -0.669. The molecule has 1 fully saturated rings. The molecule has 0 bridgehead atoms. The molecule has 1 heterocycles. The predicted molar refractivity (Wildman–Crippen MR) is 103 cm³/mol. The lowest BCUT2D eigenvalue weighted by atomic mass is 10.1. The number of rotatable bonds is 5. The summed E-state index contributed by atoms with van der Waals surface area (Å²) >= 11 is 0.923. The number of anilines is 1. The van der Waals surface area contributed by atoms with Gasteiger partial charge in [-0.1, -0.05) is 59.8 Å². The largest absolute Gasteiger partial charge is 0.326 e. The summed E-state index contributed by atoms with van der Waals surface area (Å²) in [7, 11) is 0. The molecule has 1 atom stereocenters. The molecule has 2 aromatic carbocycles. The molecule has 2 aromatic rings. The molecule has 1 N–H and O–H groups in total. The quantitative estimate of drug-likeness (QED) is 0.869. The number of aryl methyl sites for hydroxylation is 2. The highest BCUT2D eigenvalue weighted by molar-refractivity contribution is 8.15. The third kappa shape index (κ3) is 4.14. The maximum absolute atomic E-state index is 12.5. The molecule has 0 spiro atoms. The molecule has 0 radical (unpaired) electrons. The normalized spacial score (nSPS) is 16.8. The van der Waals surface area contributed by atoms with Crippen molar-refractivity contribution < 1.29 is 14.4 Å². The summed E-state index contributed by atoms with van der Waals surface area (Å²) in [5, 5.41) is 1.86. The number of thioether (sulfide) groups is 1. The number of amides is 3. The van der Waals surface area contributed by atoms with Crippen molar-refractivity contribution in [1.82, 2.24) is 4.90 Å². The van der Waals surface area contributed by atoms with E-state index in [-0.39, 0.29) is 30.0 Å². The molecule has 1 saturated heterocycles. The summed E-state index contributed by atoms with van der Waals surface area (Å²) in [6.07, 6.45) is -0.0200. The fourth-order valence-corrected chi connectivity index (χ4v) is 3.85. The SMILES string of the molecule is Cc1ccc(NC(=O)C[C@H]2SC(=O)N(Cc3ccccc3)C2=O)c(C)c1. The van der Waals surface area contributed by atoms with Crippen molar-refractivity contribution in [2.24, 2.45) is 0 Å². The molecule has 3 amide bonds. The first-order valence-corrected chi connectivity index (χ1v) is 9.25. The van der Waals surface area contributed by atoms with Crippen molar-refractivity contribution in [2.75, 3.05) is 5.32 Å². The first kappa shape index (κ1) is 18.2. The number of carbonyl (C=O) groups excluding carboxylic acids is 3. The van der Waals surface area contributed by atoms with Crippen LogP contribution in [-0.4, -0.2) is 27.2 Å². The topological polar surface area (TPSA) is 66.5 Å². The van der Waals surface area contributed by atoms with Crippen LogP contribution >= 0.6 is 11.8 Å². The monoisotopic (exact) mass is 368 g/mol. The van der Waals surface area contributed by atoms with Crippen LogP contribution in [0.4, 0.5) is 10.5 Å². The molecule has 0 aliphatic carbocycles. The smallest absolute Gasteiger partial charge is 0.289 e. The summed E-state index contributed by atoms with van der Waals surface area (Å²) in [4.78, 5) is 38.2. The summed E-state index contributed by atoms with van der Waals surface area (Å²) in [6.45, 7) is 4.14. The van der Waals surface area contributed by atoms with Gasteiger partial charge in [0, 0.05) is 12.1 Å². The first-order chi connectivity index (χ1) is 12.4. The minimum absolute atomic E-state index is 0.0200. The summed E-state index contributed by atoms with van der Waals surface area (Å²) in [6, 6.07) is 15.1. The molecule has 1 aliphatic heterocycles. The molecule has 3 rings (SSSR count). The van der Waals surface area contributed by atoms with Crippen molar-refractivity contribution in [3.05, 3.63) is 65.2 Å². The molecule has 1 aliphatic rings. The van der Waals surface area contributed by atoms with Crippen LogP contribution in [0.2, 0.25) is 0 Å². The van der Waals surface area contributed by atoms with Gasteiger partial charge in [-0.15, -0.1) is 0 Å². The van der Waals surface area contributed by atoms with Gasteiger partial charge in [0.1, 0.15) is 5.25 Å². The maximum Gasteiger partial charge on any atom is 0.289 e. The standard InChI is InChI=1S/C20H20N2O3S/c1-13-8-9-16(14(2)10-13)21-18(23)11-17-19(24)22(20(25)26-17)12-15-6-4-3-5-7-15/h3-10,17H,11-12H2,1-2H3,(H,21,23)/t17-/m1/s1. The predicted octanol–water partition coefficient (Wildman–Crippen LogP) is 3.90. The zero-order valence-corrected chi connectivity index (χ0v) is 15.5.